The summed E-state index contributed by atoms with van der Waals surface area (Å²) in [4.78, 5) is 16.7. The van der Waals surface area contributed by atoms with E-state index in [0.29, 0.717) is 13.0 Å². The van der Waals surface area contributed by atoms with Crippen LogP contribution in [0.15, 0.2) is 42.5 Å². The summed E-state index contributed by atoms with van der Waals surface area (Å²) in [7, 11) is 1.67. The second kappa shape index (κ2) is 8.80. The van der Waals surface area contributed by atoms with Gasteiger partial charge in [-0.1, -0.05) is 12.1 Å². The largest absolute Gasteiger partial charge is 0.497 e. The van der Waals surface area contributed by atoms with E-state index in [1.165, 1.54) is 11.3 Å². The Bertz CT molecular complexity index is 766. The fourth-order valence-corrected chi connectivity index (χ4v) is 3.29. The smallest absolute Gasteiger partial charge is 0.226 e. The molecule has 1 aliphatic rings. The molecule has 144 valence electrons. The summed E-state index contributed by atoms with van der Waals surface area (Å²) in [6.07, 6.45) is 0.413. The third-order valence-electron chi connectivity index (χ3n) is 5.20. The van der Waals surface area contributed by atoms with Crippen LogP contribution in [0.2, 0.25) is 0 Å². The zero-order chi connectivity index (χ0) is 19.2. The first-order chi connectivity index (χ1) is 13.1. The van der Waals surface area contributed by atoms with Crippen molar-refractivity contribution in [3.8, 4) is 11.5 Å². The molecule has 1 aliphatic heterocycles. The summed E-state index contributed by atoms with van der Waals surface area (Å²) in [5.74, 6) is 1.89. The van der Waals surface area contributed by atoms with Crippen LogP contribution in [0.4, 0.5) is 5.69 Å². The van der Waals surface area contributed by atoms with Gasteiger partial charge in [-0.15, -0.1) is 0 Å². The Morgan fingerprint density at radius 1 is 1.00 bits per heavy atom. The molecule has 2 aromatic carbocycles. The molecule has 0 spiro atoms. The van der Waals surface area contributed by atoms with Gasteiger partial charge in [0.05, 0.1) is 20.1 Å². The van der Waals surface area contributed by atoms with Crippen molar-refractivity contribution in [1.82, 2.24) is 4.90 Å². The Balaban J connectivity index is 1.44. The summed E-state index contributed by atoms with van der Waals surface area (Å²) < 4.78 is 11.0. The molecule has 2 aromatic rings. The normalized spacial score (nSPS) is 14.2. The van der Waals surface area contributed by atoms with Crippen molar-refractivity contribution in [2.45, 2.75) is 20.3 Å². The van der Waals surface area contributed by atoms with Crippen LogP contribution in [0.25, 0.3) is 0 Å². The van der Waals surface area contributed by atoms with E-state index in [9.17, 15) is 4.79 Å². The molecule has 0 unspecified atom stereocenters. The molecule has 3 rings (SSSR count). The van der Waals surface area contributed by atoms with Gasteiger partial charge >= 0.3 is 0 Å². The molecular weight excluding hydrogens is 340 g/mol. The first-order valence-electron chi connectivity index (χ1n) is 9.44. The SMILES string of the molecule is COc1ccc(N2CCN(C(=O)CCOc3cccc(C)c3C)CC2)cc1. The Kier molecular flexibility index (Phi) is 6.22. The molecule has 0 N–H and O–H groups in total. The maximum Gasteiger partial charge on any atom is 0.226 e. The number of aryl methyl sites for hydroxylation is 1. The predicted octanol–water partition coefficient (Wildman–Crippen LogP) is 3.43. The van der Waals surface area contributed by atoms with Gasteiger partial charge in [0.15, 0.2) is 0 Å². The molecule has 0 radical (unpaired) electrons. The van der Waals surface area contributed by atoms with Gasteiger partial charge in [0, 0.05) is 31.9 Å². The maximum absolute atomic E-state index is 12.5. The van der Waals surface area contributed by atoms with E-state index in [1.807, 2.05) is 36.1 Å². The van der Waals surface area contributed by atoms with E-state index >= 15 is 0 Å². The number of benzene rings is 2. The van der Waals surface area contributed by atoms with Crippen LogP contribution in [-0.2, 0) is 4.79 Å². The lowest BCUT2D eigenvalue weighted by molar-refractivity contribution is -0.132. The van der Waals surface area contributed by atoms with Crippen LogP contribution in [0.3, 0.4) is 0 Å². The van der Waals surface area contributed by atoms with E-state index in [1.54, 1.807) is 7.11 Å². The number of hydrogen-bond donors (Lipinski definition) is 0. The Morgan fingerprint density at radius 2 is 1.70 bits per heavy atom. The van der Waals surface area contributed by atoms with Crippen molar-refractivity contribution in [2.24, 2.45) is 0 Å². The van der Waals surface area contributed by atoms with Gasteiger partial charge in [0.25, 0.3) is 0 Å². The third kappa shape index (κ3) is 4.73. The highest BCUT2D eigenvalue weighted by Gasteiger charge is 2.21. The highest BCUT2D eigenvalue weighted by molar-refractivity contribution is 5.76. The average Bonchev–Trinajstić information content (AvgIpc) is 2.71. The van der Waals surface area contributed by atoms with E-state index < -0.39 is 0 Å². The number of piperazine rings is 1. The Hall–Kier alpha value is -2.69. The fraction of sp³-hybridized carbons (Fsp3) is 0.409. The first-order valence-corrected chi connectivity index (χ1v) is 9.44. The van der Waals surface area contributed by atoms with Crippen molar-refractivity contribution >= 4 is 11.6 Å². The second-order valence-corrected chi connectivity index (χ2v) is 6.86. The van der Waals surface area contributed by atoms with Gasteiger partial charge in [-0.3, -0.25) is 4.79 Å². The summed E-state index contributed by atoms with van der Waals surface area (Å²) in [5.41, 5.74) is 3.51. The van der Waals surface area contributed by atoms with Crippen LogP contribution in [0, 0.1) is 13.8 Å². The molecule has 0 aromatic heterocycles. The molecule has 5 nitrogen and oxygen atoms in total. The molecule has 1 heterocycles. The number of anilines is 1. The second-order valence-electron chi connectivity index (χ2n) is 6.86. The minimum atomic E-state index is 0.162. The van der Waals surface area contributed by atoms with Crippen molar-refractivity contribution in [3.63, 3.8) is 0 Å². The lowest BCUT2D eigenvalue weighted by Gasteiger charge is -2.36. The maximum atomic E-state index is 12.5. The molecule has 27 heavy (non-hydrogen) atoms. The van der Waals surface area contributed by atoms with Gasteiger partial charge in [-0.2, -0.15) is 0 Å². The van der Waals surface area contributed by atoms with Crippen LogP contribution >= 0.6 is 0 Å². The number of hydrogen-bond acceptors (Lipinski definition) is 4. The topological polar surface area (TPSA) is 42.0 Å². The molecule has 1 amide bonds. The van der Waals surface area contributed by atoms with Crippen LogP contribution in [0.1, 0.15) is 17.5 Å². The Morgan fingerprint density at radius 3 is 2.37 bits per heavy atom. The number of amides is 1. The highest BCUT2D eigenvalue weighted by Crippen LogP contribution is 2.22. The third-order valence-corrected chi connectivity index (χ3v) is 5.20. The lowest BCUT2D eigenvalue weighted by atomic mass is 10.1. The number of carbonyl (C=O) groups excluding carboxylic acids is 1. The van der Waals surface area contributed by atoms with E-state index in [-0.39, 0.29) is 5.91 Å². The van der Waals surface area contributed by atoms with Gasteiger partial charge in [0.1, 0.15) is 11.5 Å². The average molecular weight is 368 g/mol. The monoisotopic (exact) mass is 368 g/mol. The standard InChI is InChI=1S/C22H28N2O3/c1-17-5-4-6-21(18(17)2)27-16-11-22(25)24-14-12-23(13-15-24)19-7-9-20(26-3)10-8-19/h4-10H,11-16H2,1-3H3. The first kappa shape index (κ1) is 19.1. The number of ether oxygens (including phenoxy) is 2. The van der Waals surface area contributed by atoms with Crippen molar-refractivity contribution < 1.29 is 14.3 Å². The van der Waals surface area contributed by atoms with Gasteiger partial charge in [0.2, 0.25) is 5.91 Å². The van der Waals surface area contributed by atoms with Crippen LogP contribution in [0.5, 0.6) is 11.5 Å². The highest BCUT2D eigenvalue weighted by atomic mass is 16.5. The van der Waals surface area contributed by atoms with Crippen LogP contribution < -0.4 is 14.4 Å². The summed E-state index contributed by atoms with van der Waals surface area (Å²) in [6.45, 7) is 7.71. The quantitative estimate of drug-likeness (QED) is 0.783. The van der Waals surface area contributed by atoms with Crippen LogP contribution in [-0.4, -0.2) is 50.7 Å². The zero-order valence-corrected chi connectivity index (χ0v) is 16.4. The van der Waals surface area contributed by atoms with Crippen molar-refractivity contribution in [2.75, 3.05) is 44.8 Å². The molecule has 1 fully saturated rings. The Labute approximate surface area is 161 Å². The van der Waals surface area contributed by atoms with Gasteiger partial charge in [-0.25, -0.2) is 0 Å². The molecule has 0 bridgehead atoms. The summed E-state index contributed by atoms with van der Waals surface area (Å²) in [5, 5.41) is 0. The number of rotatable bonds is 6. The minimum Gasteiger partial charge on any atom is -0.497 e. The molecule has 5 heteroatoms. The molecule has 0 atom stereocenters. The zero-order valence-electron chi connectivity index (χ0n) is 16.4. The molecular formula is C22H28N2O3. The number of nitrogens with zero attached hydrogens (tertiary/aromatic N) is 2. The van der Waals surface area contributed by atoms with Crippen molar-refractivity contribution in [3.05, 3.63) is 53.6 Å². The fourth-order valence-electron chi connectivity index (χ4n) is 3.29. The minimum absolute atomic E-state index is 0.162. The molecule has 0 aliphatic carbocycles. The molecule has 0 saturated carbocycles. The van der Waals surface area contributed by atoms with Crippen molar-refractivity contribution in [1.29, 1.82) is 0 Å². The van der Waals surface area contributed by atoms with E-state index in [4.69, 9.17) is 9.47 Å². The summed E-state index contributed by atoms with van der Waals surface area (Å²) >= 11 is 0. The molecule has 1 saturated heterocycles. The van der Waals surface area contributed by atoms with Gasteiger partial charge < -0.3 is 19.3 Å². The predicted molar refractivity (Wildman–Crippen MR) is 108 cm³/mol. The van der Waals surface area contributed by atoms with E-state index in [2.05, 4.69) is 30.0 Å². The lowest BCUT2D eigenvalue weighted by Crippen LogP contribution is -2.49. The van der Waals surface area contributed by atoms with Gasteiger partial charge in [-0.05, 0) is 55.3 Å². The van der Waals surface area contributed by atoms with E-state index in [0.717, 1.165) is 43.2 Å². The number of carbonyl (C=O) groups is 1. The summed E-state index contributed by atoms with van der Waals surface area (Å²) in [6, 6.07) is 14.1. The number of methoxy groups -OCH3 is 1.